The van der Waals surface area contributed by atoms with Crippen molar-refractivity contribution in [2.45, 2.75) is 25.8 Å². The molecule has 0 radical (unpaired) electrons. The van der Waals surface area contributed by atoms with E-state index in [0.29, 0.717) is 15.7 Å². The molecule has 1 aromatic heterocycles. The number of likely N-dealkylation sites (tertiary alicyclic amines) is 1. The van der Waals surface area contributed by atoms with Crippen LogP contribution in [0.5, 0.6) is 0 Å². The molecule has 0 bridgehead atoms. The van der Waals surface area contributed by atoms with E-state index in [-0.39, 0.29) is 5.91 Å². The average molecular weight is 415 g/mol. The molecule has 1 saturated heterocycles. The molecule has 0 aliphatic carbocycles. The van der Waals surface area contributed by atoms with E-state index < -0.39 is 0 Å². The van der Waals surface area contributed by atoms with Crippen LogP contribution in [-0.2, 0) is 6.54 Å². The van der Waals surface area contributed by atoms with E-state index in [0.717, 1.165) is 29.8 Å². The standard InChI is InChI=1S/C16H17BrClN3OS/c17-11-4-5-13(14(18)8-11)15(22)20-16-19-12(10-23-16)9-21-6-2-1-3-7-21/h4-5,8,10H,1-3,6-7,9H2,(H,19,20,22). The Morgan fingerprint density at radius 1 is 1.35 bits per heavy atom. The van der Waals surface area contributed by atoms with Gasteiger partial charge in [-0.2, -0.15) is 0 Å². The van der Waals surface area contributed by atoms with Gasteiger partial charge in [0.25, 0.3) is 5.91 Å². The molecule has 1 aromatic carbocycles. The topological polar surface area (TPSA) is 45.2 Å². The number of nitrogens with zero attached hydrogens (tertiary/aromatic N) is 2. The summed E-state index contributed by atoms with van der Waals surface area (Å²) in [6, 6.07) is 5.20. The van der Waals surface area contributed by atoms with Gasteiger partial charge < -0.3 is 0 Å². The Bertz CT molecular complexity index is 700. The molecule has 4 nitrogen and oxygen atoms in total. The smallest absolute Gasteiger partial charge is 0.258 e. The molecule has 7 heteroatoms. The summed E-state index contributed by atoms with van der Waals surface area (Å²) in [5, 5.41) is 5.86. The van der Waals surface area contributed by atoms with Crippen molar-refractivity contribution in [3.8, 4) is 0 Å². The Morgan fingerprint density at radius 3 is 2.87 bits per heavy atom. The van der Waals surface area contributed by atoms with Crippen molar-refractivity contribution in [2.24, 2.45) is 0 Å². The Labute approximate surface area is 153 Å². The molecule has 1 fully saturated rings. The number of aromatic nitrogens is 1. The minimum Gasteiger partial charge on any atom is -0.298 e. The maximum Gasteiger partial charge on any atom is 0.258 e. The van der Waals surface area contributed by atoms with Crippen LogP contribution < -0.4 is 5.32 Å². The first-order chi connectivity index (χ1) is 11.1. The van der Waals surface area contributed by atoms with Crippen molar-refractivity contribution in [3.63, 3.8) is 0 Å². The fourth-order valence-electron chi connectivity index (χ4n) is 2.62. The number of hydrogen-bond donors (Lipinski definition) is 1. The van der Waals surface area contributed by atoms with Crippen LogP contribution in [0, 0.1) is 0 Å². The van der Waals surface area contributed by atoms with Crippen LogP contribution in [0.25, 0.3) is 0 Å². The number of benzene rings is 1. The molecule has 2 heterocycles. The lowest BCUT2D eigenvalue weighted by Gasteiger charge is -2.25. The van der Waals surface area contributed by atoms with Crippen molar-refractivity contribution in [1.29, 1.82) is 0 Å². The van der Waals surface area contributed by atoms with Crippen molar-refractivity contribution in [3.05, 3.63) is 44.3 Å². The van der Waals surface area contributed by atoms with Gasteiger partial charge >= 0.3 is 0 Å². The van der Waals surface area contributed by atoms with Gasteiger partial charge in [-0.3, -0.25) is 15.0 Å². The van der Waals surface area contributed by atoms with Gasteiger partial charge in [0, 0.05) is 16.4 Å². The SMILES string of the molecule is O=C(Nc1nc(CN2CCCCC2)cs1)c1ccc(Br)cc1Cl. The molecule has 1 N–H and O–H groups in total. The first kappa shape index (κ1) is 16.9. The minimum absolute atomic E-state index is 0.235. The van der Waals surface area contributed by atoms with Gasteiger partial charge in [0.05, 0.1) is 16.3 Å². The summed E-state index contributed by atoms with van der Waals surface area (Å²) in [6.45, 7) is 3.12. The van der Waals surface area contributed by atoms with Crippen LogP contribution in [0.2, 0.25) is 5.02 Å². The highest BCUT2D eigenvalue weighted by Crippen LogP contribution is 2.24. The first-order valence-electron chi connectivity index (χ1n) is 7.55. The number of halogens is 2. The Morgan fingerprint density at radius 2 is 2.13 bits per heavy atom. The van der Waals surface area contributed by atoms with E-state index in [1.165, 1.54) is 30.6 Å². The number of piperidine rings is 1. The highest BCUT2D eigenvalue weighted by Gasteiger charge is 2.15. The molecular formula is C16H17BrClN3OS. The highest BCUT2D eigenvalue weighted by atomic mass is 79.9. The lowest BCUT2D eigenvalue weighted by molar-refractivity contribution is 0.102. The third-order valence-corrected chi connectivity index (χ3v) is 5.39. The molecule has 3 rings (SSSR count). The zero-order valence-corrected chi connectivity index (χ0v) is 15.7. The summed E-state index contributed by atoms with van der Waals surface area (Å²) in [5.41, 5.74) is 1.46. The number of anilines is 1. The second-order valence-electron chi connectivity index (χ2n) is 5.56. The van der Waals surface area contributed by atoms with Gasteiger partial charge in [-0.25, -0.2) is 4.98 Å². The number of rotatable bonds is 4. The van der Waals surface area contributed by atoms with Crippen LogP contribution >= 0.6 is 38.9 Å². The van der Waals surface area contributed by atoms with Crippen molar-refractivity contribution < 1.29 is 4.79 Å². The monoisotopic (exact) mass is 413 g/mol. The second kappa shape index (κ2) is 7.75. The highest BCUT2D eigenvalue weighted by molar-refractivity contribution is 9.10. The van der Waals surface area contributed by atoms with Crippen LogP contribution in [0.4, 0.5) is 5.13 Å². The molecule has 0 saturated carbocycles. The number of carbonyl (C=O) groups excluding carboxylic acids is 1. The summed E-state index contributed by atoms with van der Waals surface area (Å²) >= 11 is 10.9. The van der Waals surface area contributed by atoms with E-state index in [1.807, 2.05) is 5.38 Å². The van der Waals surface area contributed by atoms with Gasteiger partial charge in [-0.15, -0.1) is 11.3 Å². The molecule has 1 aliphatic rings. The Hall–Kier alpha value is -0.950. The molecule has 0 atom stereocenters. The van der Waals surface area contributed by atoms with Crippen molar-refractivity contribution in [2.75, 3.05) is 18.4 Å². The predicted octanol–water partition coefficient (Wildman–Crippen LogP) is 4.80. The number of carbonyl (C=O) groups is 1. The average Bonchev–Trinajstić information content (AvgIpc) is 2.95. The Balaban J connectivity index is 1.62. The van der Waals surface area contributed by atoms with Gasteiger partial charge in [0.1, 0.15) is 0 Å². The molecule has 122 valence electrons. The van der Waals surface area contributed by atoms with E-state index >= 15 is 0 Å². The molecule has 2 aromatic rings. The molecule has 1 amide bonds. The first-order valence-corrected chi connectivity index (χ1v) is 9.60. The predicted molar refractivity (Wildman–Crippen MR) is 98.3 cm³/mol. The van der Waals surface area contributed by atoms with E-state index in [1.54, 1.807) is 18.2 Å². The summed E-state index contributed by atoms with van der Waals surface area (Å²) < 4.78 is 0.845. The number of thiazole rings is 1. The summed E-state index contributed by atoms with van der Waals surface area (Å²) in [6.07, 6.45) is 3.84. The van der Waals surface area contributed by atoms with Gasteiger partial charge in [-0.05, 0) is 44.1 Å². The third-order valence-electron chi connectivity index (χ3n) is 3.78. The molecule has 0 spiro atoms. The zero-order chi connectivity index (χ0) is 16.2. The van der Waals surface area contributed by atoms with Crippen molar-refractivity contribution in [1.82, 2.24) is 9.88 Å². The fourth-order valence-corrected chi connectivity index (χ4v) is 4.08. The summed E-state index contributed by atoms with van der Waals surface area (Å²) in [7, 11) is 0. The normalized spacial score (nSPS) is 15.6. The van der Waals surface area contributed by atoms with E-state index in [2.05, 4.69) is 31.1 Å². The fraction of sp³-hybridized carbons (Fsp3) is 0.375. The lowest BCUT2D eigenvalue weighted by Crippen LogP contribution is -2.29. The molecular weight excluding hydrogens is 398 g/mol. The largest absolute Gasteiger partial charge is 0.298 e. The van der Waals surface area contributed by atoms with E-state index in [4.69, 9.17) is 11.6 Å². The van der Waals surface area contributed by atoms with Gasteiger partial charge in [0.15, 0.2) is 5.13 Å². The van der Waals surface area contributed by atoms with Gasteiger partial charge in [-0.1, -0.05) is 34.0 Å². The van der Waals surface area contributed by atoms with Crippen molar-refractivity contribution >= 4 is 49.9 Å². The lowest BCUT2D eigenvalue weighted by atomic mass is 10.1. The maximum atomic E-state index is 12.3. The quantitative estimate of drug-likeness (QED) is 0.782. The third kappa shape index (κ3) is 4.53. The summed E-state index contributed by atoms with van der Waals surface area (Å²) in [5.74, 6) is -0.235. The van der Waals surface area contributed by atoms with Gasteiger partial charge in [0.2, 0.25) is 0 Å². The van der Waals surface area contributed by atoms with Crippen LogP contribution in [-0.4, -0.2) is 28.9 Å². The van der Waals surface area contributed by atoms with E-state index in [9.17, 15) is 4.79 Å². The van der Waals surface area contributed by atoms with Crippen LogP contribution in [0.3, 0.4) is 0 Å². The molecule has 1 aliphatic heterocycles. The van der Waals surface area contributed by atoms with Crippen LogP contribution in [0.1, 0.15) is 35.3 Å². The second-order valence-corrected chi connectivity index (χ2v) is 7.74. The molecule has 0 unspecified atom stereocenters. The zero-order valence-electron chi connectivity index (χ0n) is 12.5. The number of hydrogen-bond acceptors (Lipinski definition) is 4. The summed E-state index contributed by atoms with van der Waals surface area (Å²) in [4.78, 5) is 19.2. The minimum atomic E-state index is -0.235. The Kier molecular flexibility index (Phi) is 5.69. The maximum absolute atomic E-state index is 12.3. The number of amides is 1. The molecule has 23 heavy (non-hydrogen) atoms. The van der Waals surface area contributed by atoms with Crippen LogP contribution in [0.15, 0.2) is 28.1 Å². The number of nitrogens with one attached hydrogen (secondary N) is 1.